The number of carbonyl (C=O) groups is 2. The fraction of sp³-hybridized carbons (Fsp3) is 0.263. The number of halogens is 3. The summed E-state index contributed by atoms with van der Waals surface area (Å²) in [6.07, 6.45) is 2.08. The third-order valence-electron chi connectivity index (χ3n) is 3.24. The summed E-state index contributed by atoms with van der Waals surface area (Å²) in [6, 6.07) is 3.04. The molecule has 0 aliphatic heterocycles. The molecule has 2 aromatic heterocycles. The maximum atomic E-state index is 10.8. The molecule has 2 aromatic rings. The summed E-state index contributed by atoms with van der Waals surface area (Å²) in [5.74, 6) is 0. The molecule has 158 valence electrons. The Morgan fingerprint density at radius 3 is 1.93 bits per heavy atom. The first-order valence-electron chi connectivity index (χ1n) is 8.07. The van der Waals surface area contributed by atoms with Gasteiger partial charge in [0.1, 0.15) is 6.29 Å². The second-order valence-electron chi connectivity index (χ2n) is 5.51. The first-order valence-corrected chi connectivity index (χ1v) is 8.07. The summed E-state index contributed by atoms with van der Waals surface area (Å²) in [4.78, 5) is 45.4. The zero-order valence-electron chi connectivity index (χ0n) is 16.0. The number of aromatic nitrogens is 2. The fourth-order valence-electron chi connectivity index (χ4n) is 1.82. The highest BCUT2D eigenvalue weighted by Gasteiger charge is 2.24. The molecular weight excluding hydrogens is 393 g/mol. The number of ether oxygens (including phenoxy) is 1. The number of nitrogens with one attached hydrogen (secondary N) is 2. The normalized spacial score (nSPS) is 10.3. The lowest BCUT2D eigenvalue weighted by molar-refractivity contribution is -0.156. The Labute approximate surface area is 164 Å². The van der Waals surface area contributed by atoms with Crippen molar-refractivity contribution in [3.8, 4) is 0 Å². The molecule has 0 spiro atoms. The zero-order chi connectivity index (χ0) is 22.4. The van der Waals surface area contributed by atoms with Crippen LogP contribution in [0.5, 0.6) is 0 Å². The van der Waals surface area contributed by atoms with E-state index in [4.69, 9.17) is 9.53 Å². The van der Waals surface area contributed by atoms with Crippen molar-refractivity contribution in [1.82, 2.24) is 9.97 Å². The Hall–Kier alpha value is -3.43. The molecule has 0 aliphatic rings. The number of carbonyl (C=O) groups excluding carboxylic acids is 2. The summed E-state index contributed by atoms with van der Waals surface area (Å²) in [6.45, 7) is 3.69. The van der Waals surface area contributed by atoms with Gasteiger partial charge in [0.05, 0.1) is 13.4 Å². The standard InChI is InChI=1S/C9H11NO2.C8H9NO2.C2HF3O/c1-7-5-9(11)10-6-8(7)3-4-12-2;1-6-4-8(11)9-5-7(6)2-3-10;3-2(4,5)1-6/h3-6H,1-2H3,(H,10,11);3-5H,2H2,1H3,(H,9,11);1H/b4-3+;;. The third kappa shape index (κ3) is 11.8. The van der Waals surface area contributed by atoms with Crippen molar-refractivity contribution in [2.24, 2.45) is 0 Å². The van der Waals surface area contributed by atoms with E-state index >= 15 is 0 Å². The van der Waals surface area contributed by atoms with Crippen LogP contribution in [0.1, 0.15) is 22.3 Å². The fourth-order valence-corrected chi connectivity index (χ4v) is 1.82. The smallest absolute Gasteiger partial charge is 0.446 e. The molecule has 7 nitrogen and oxygen atoms in total. The number of aryl methyl sites for hydroxylation is 2. The molecule has 0 aromatic carbocycles. The minimum absolute atomic E-state index is 0.0814. The molecular formula is C19H21F3N2O5. The lowest BCUT2D eigenvalue weighted by Gasteiger charge is -1.97. The molecule has 2 N–H and O–H groups in total. The molecule has 2 heterocycles. The van der Waals surface area contributed by atoms with Crippen LogP contribution in [0.15, 0.2) is 40.4 Å². The van der Waals surface area contributed by atoms with Crippen LogP contribution in [-0.4, -0.2) is 35.8 Å². The van der Waals surface area contributed by atoms with Crippen molar-refractivity contribution in [2.45, 2.75) is 26.4 Å². The topological polar surface area (TPSA) is 109 Å². The number of hydrogen-bond acceptors (Lipinski definition) is 5. The number of hydrogen-bond donors (Lipinski definition) is 2. The largest absolute Gasteiger partial charge is 0.504 e. The second-order valence-corrected chi connectivity index (χ2v) is 5.51. The molecule has 0 atom stereocenters. The number of pyridine rings is 2. The predicted molar refractivity (Wildman–Crippen MR) is 102 cm³/mol. The van der Waals surface area contributed by atoms with E-state index in [2.05, 4.69) is 9.97 Å². The molecule has 29 heavy (non-hydrogen) atoms. The van der Waals surface area contributed by atoms with Gasteiger partial charge in [-0.15, -0.1) is 0 Å². The molecule has 0 saturated carbocycles. The Bertz CT molecular complexity index is 930. The van der Waals surface area contributed by atoms with Gasteiger partial charge in [-0.3, -0.25) is 14.4 Å². The van der Waals surface area contributed by atoms with Crippen molar-refractivity contribution in [1.29, 1.82) is 0 Å². The van der Waals surface area contributed by atoms with Gasteiger partial charge in [-0.2, -0.15) is 13.2 Å². The molecule has 0 fully saturated rings. The van der Waals surface area contributed by atoms with Gasteiger partial charge >= 0.3 is 6.18 Å². The van der Waals surface area contributed by atoms with E-state index < -0.39 is 12.5 Å². The van der Waals surface area contributed by atoms with Gasteiger partial charge in [-0.25, -0.2) is 0 Å². The summed E-state index contributed by atoms with van der Waals surface area (Å²) < 4.78 is 36.0. The van der Waals surface area contributed by atoms with Crippen LogP contribution in [0.25, 0.3) is 6.08 Å². The van der Waals surface area contributed by atoms with Gasteiger partial charge in [-0.05, 0) is 42.2 Å². The number of rotatable bonds is 4. The number of methoxy groups -OCH3 is 1. The van der Waals surface area contributed by atoms with Crippen molar-refractivity contribution in [3.05, 3.63) is 73.7 Å². The van der Waals surface area contributed by atoms with Crippen molar-refractivity contribution < 1.29 is 27.5 Å². The number of aromatic amines is 2. The quantitative estimate of drug-likeness (QED) is 0.590. The molecule has 10 heteroatoms. The summed E-state index contributed by atoms with van der Waals surface area (Å²) >= 11 is 0. The van der Waals surface area contributed by atoms with Gasteiger partial charge in [0.25, 0.3) is 0 Å². The maximum absolute atomic E-state index is 10.8. The molecule has 0 bridgehead atoms. The van der Waals surface area contributed by atoms with E-state index in [1.165, 1.54) is 6.07 Å². The molecule has 0 amide bonds. The second kappa shape index (κ2) is 12.9. The zero-order valence-corrected chi connectivity index (χ0v) is 16.0. The molecule has 0 saturated heterocycles. The Kier molecular flexibility index (Phi) is 11.3. The molecule has 2 rings (SSSR count). The van der Waals surface area contributed by atoms with E-state index in [0.29, 0.717) is 6.42 Å². The average molecular weight is 414 g/mol. The van der Waals surface area contributed by atoms with E-state index in [-0.39, 0.29) is 11.1 Å². The van der Waals surface area contributed by atoms with Crippen LogP contribution in [0.4, 0.5) is 13.2 Å². The molecule has 0 radical (unpaired) electrons. The lowest BCUT2D eigenvalue weighted by Crippen LogP contribution is -2.07. The van der Waals surface area contributed by atoms with E-state index in [9.17, 15) is 27.6 Å². The van der Waals surface area contributed by atoms with Crippen molar-refractivity contribution in [3.63, 3.8) is 0 Å². The van der Waals surface area contributed by atoms with Crippen molar-refractivity contribution >= 4 is 18.6 Å². The van der Waals surface area contributed by atoms with Crippen LogP contribution in [0.2, 0.25) is 0 Å². The lowest BCUT2D eigenvalue weighted by atomic mass is 10.1. The van der Waals surface area contributed by atoms with Crippen LogP contribution >= 0.6 is 0 Å². The van der Waals surface area contributed by atoms with Gasteiger partial charge < -0.3 is 19.5 Å². The highest BCUT2D eigenvalue weighted by atomic mass is 19.4. The molecule has 0 unspecified atom stereocenters. The van der Waals surface area contributed by atoms with Crippen LogP contribution in [-0.2, 0) is 20.7 Å². The van der Waals surface area contributed by atoms with Gasteiger partial charge in [0.2, 0.25) is 17.4 Å². The highest BCUT2D eigenvalue weighted by molar-refractivity contribution is 5.56. The minimum atomic E-state index is -4.64. The summed E-state index contributed by atoms with van der Waals surface area (Å²) in [5.41, 5.74) is 3.42. The third-order valence-corrected chi connectivity index (χ3v) is 3.24. The van der Waals surface area contributed by atoms with E-state index in [0.717, 1.165) is 28.5 Å². The van der Waals surface area contributed by atoms with E-state index in [1.807, 2.05) is 13.8 Å². The Balaban J connectivity index is 0.000000430. The number of H-pyrrole nitrogens is 2. The van der Waals surface area contributed by atoms with Gasteiger partial charge in [0.15, 0.2) is 0 Å². The van der Waals surface area contributed by atoms with Crippen molar-refractivity contribution in [2.75, 3.05) is 7.11 Å². The SMILES string of the molecule is CO/C=C/c1c[nH]c(=O)cc1C.Cc1cc(=O)[nH]cc1CC=O.O=CC(F)(F)F. The van der Waals surface area contributed by atoms with Crippen LogP contribution in [0, 0.1) is 13.8 Å². The van der Waals surface area contributed by atoms with Gasteiger partial charge in [-0.1, -0.05) is 0 Å². The summed E-state index contributed by atoms with van der Waals surface area (Å²) in [5, 5.41) is 0. The monoisotopic (exact) mass is 414 g/mol. The number of aldehydes is 2. The Morgan fingerprint density at radius 2 is 1.52 bits per heavy atom. The average Bonchev–Trinajstić information content (AvgIpc) is 2.64. The first kappa shape index (κ1) is 25.6. The highest BCUT2D eigenvalue weighted by Crippen LogP contribution is 2.08. The summed E-state index contributed by atoms with van der Waals surface area (Å²) in [7, 11) is 1.58. The molecule has 0 aliphatic carbocycles. The minimum Gasteiger partial charge on any atom is -0.504 e. The van der Waals surface area contributed by atoms with E-state index in [1.54, 1.807) is 37.9 Å². The number of alkyl halides is 3. The predicted octanol–water partition coefficient (Wildman–Crippen LogP) is 2.47. The van der Waals surface area contributed by atoms with Gasteiger partial charge in [0, 0.05) is 30.9 Å². The maximum Gasteiger partial charge on any atom is 0.446 e. The Morgan fingerprint density at radius 1 is 1.00 bits per heavy atom. The first-order chi connectivity index (χ1) is 13.5. The van der Waals surface area contributed by atoms with Crippen LogP contribution in [0.3, 0.4) is 0 Å². The van der Waals surface area contributed by atoms with Crippen LogP contribution < -0.4 is 11.1 Å².